The van der Waals surface area contributed by atoms with E-state index in [1.807, 2.05) is 0 Å². The molecule has 0 saturated heterocycles. The first-order valence-electron chi connectivity index (χ1n) is 4.45. The van der Waals surface area contributed by atoms with Crippen LogP contribution in [0.2, 0.25) is 0 Å². The van der Waals surface area contributed by atoms with Crippen LogP contribution in [0.1, 0.15) is 12.5 Å². The minimum atomic E-state index is -0.264. The Balaban J connectivity index is 2.60. The van der Waals surface area contributed by atoms with Crippen LogP contribution >= 0.6 is 0 Å². The van der Waals surface area contributed by atoms with Crippen molar-refractivity contribution in [3.8, 4) is 0 Å². The zero-order chi connectivity index (χ0) is 10.6. The highest BCUT2D eigenvalue weighted by atomic mass is 19.1. The molecule has 0 amide bonds. The number of rotatable bonds is 3. The molecule has 0 unspecified atom stereocenters. The molecule has 0 fully saturated rings. The van der Waals surface area contributed by atoms with E-state index in [-0.39, 0.29) is 17.7 Å². The number of hydrogen-bond donors (Lipinski definition) is 0. The lowest BCUT2D eigenvalue weighted by molar-refractivity contribution is -0.144. The molecule has 0 spiro atoms. The third-order valence-corrected chi connectivity index (χ3v) is 2.06. The first-order chi connectivity index (χ1) is 6.63. The lowest BCUT2D eigenvalue weighted by atomic mass is 10.0. The van der Waals surface area contributed by atoms with Crippen molar-refractivity contribution >= 4 is 5.97 Å². The molecule has 0 aromatic heterocycles. The Kier molecular flexibility index (Phi) is 3.63. The van der Waals surface area contributed by atoms with Gasteiger partial charge in [0.15, 0.2) is 0 Å². The Bertz CT molecular complexity index is 306. The molecule has 0 aliphatic carbocycles. The molecular formula is C11H13FO2. The predicted molar refractivity (Wildman–Crippen MR) is 51.3 cm³/mol. The Labute approximate surface area is 82.7 Å². The number of carbonyl (C=O) groups is 1. The summed E-state index contributed by atoms with van der Waals surface area (Å²) in [6.07, 6.45) is 0.576. The van der Waals surface area contributed by atoms with Crippen LogP contribution in [0.3, 0.4) is 0 Å². The molecule has 0 radical (unpaired) electrons. The molecule has 1 atom stereocenters. The van der Waals surface area contributed by atoms with Crippen LogP contribution in [-0.4, -0.2) is 13.1 Å². The maximum atomic E-state index is 12.6. The van der Waals surface area contributed by atoms with Crippen LogP contribution in [-0.2, 0) is 16.0 Å². The first kappa shape index (κ1) is 10.7. The second-order valence-corrected chi connectivity index (χ2v) is 3.25. The van der Waals surface area contributed by atoms with Crippen molar-refractivity contribution in [1.82, 2.24) is 0 Å². The summed E-state index contributed by atoms with van der Waals surface area (Å²) >= 11 is 0. The minimum Gasteiger partial charge on any atom is -0.469 e. The highest BCUT2D eigenvalue weighted by Gasteiger charge is 2.13. The predicted octanol–water partition coefficient (Wildman–Crippen LogP) is 2.18. The molecular weight excluding hydrogens is 183 g/mol. The number of halogens is 1. The highest BCUT2D eigenvalue weighted by Crippen LogP contribution is 2.10. The smallest absolute Gasteiger partial charge is 0.308 e. The average molecular weight is 196 g/mol. The van der Waals surface area contributed by atoms with E-state index in [1.165, 1.54) is 19.2 Å². The molecule has 0 bridgehead atoms. The highest BCUT2D eigenvalue weighted by molar-refractivity contribution is 5.72. The van der Waals surface area contributed by atoms with Gasteiger partial charge in [0.1, 0.15) is 5.82 Å². The summed E-state index contributed by atoms with van der Waals surface area (Å²) in [6.45, 7) is 1.79. The van der Waals surface area contributed by atoms with Gasteiger partial charge in [0, 0.05) is 0 Å². The maximum Gasteiger partial charge on any atom is 0.308 e. The van der Waals surface area contributed by atoms with Gasteiger partial charge < -0.3 is 4.74 Å². The van der Waals surface area contributed by atoms with Gasteiger partial charge in [-0.25, -0.2) is 4.39 Å². The molecule has 0 saturated carbocycles. The summed E-state index contributed by atoms with van der Waals surface area (Å²) in [6, 6.07) is 6.13. The van der Waals surface area contributed by atoms with Crippen LogP contribution < -0.4 is 0 Å². The molecule has 0 aliphatic rings. The fraction of sp³-hybridized carbons (Fsp3) is 0.364. The van der Waals surface area contributed by atoms with Crippen molar-refractivity contribution in [1.29, 1.82) is 0 Å². The van der Waals surface area contributed by atoms with Crippen molar-refractivity contribution in [2.24, 2.45) is 5.92 Å². The van der Waals surface area contributed by atoms with E-state index >= 15 is 0 Å². The average Bonchev–Trinajstić information content (AvgIpc) is 2.20. The second kappa shape index (κ2) is 4.74. The summed E-state index contributed by atoms with van der Waals surface area (Å²) in [5.74, 6) is -0.695. The first-order valence-corrected chi connectivity index (χ1v) is 4.45. The van der Waals surface area contributed by atoms with Crippen molar-refractivity contribution in [2.45, 2.75) is 13.3 Å². The van der Waals surface area contributed by atoms with Gasteiger partial charge in [-0.1, -0.05) is 19.1 Å². The minimum absolute atomic E-state index is 0.189. The number of methoxy groups -OCH3 is 1. The van der Waals surface area contributed by atoms with Gasteiger partial charge in [0.2, 0.25) is 0 Å². The van der Waals surface area contributed by atoms with E-state index in [0.29, 0.717) is 6.42 Å². The number of ether oxygens (including phenoxy) is 1. The Morgan fingerprint density at radius 3 is 2.50 bits per heavy atom. The van der Waals surface area contributed by atoms with Crippen molar-refractivity contribution < 1.29 is 13.9 Å². The van der Waals surface area contributed by atoms with E-state index < -0.39 is 0 Å². The maximum absolute atomic E-state index is 12.6. The quantitative estimate of drug-likeness (QED) is 0.692. The zero-order valence-electron chi connectivity index (χ0n) is 8.29. The van der Waals surface area contributed by atoms with E-state index in [9.17, 15) is 9.18 Å². The molecule has 1 rings (SSSR count). The standard InChI is InChI=1S/C11H13FO2/c1-8(11(13)14-2)7-9-3-5-10(12)6-4-9/h3-6,8H,7H2,1-2H3/t8-/m1/s1. The second-order valence-electron chi connectivity index (χ2n) is 3.25. The SMILES string of the molecule is COC(=O)[C@H](C)Cc1ccc(F)cc1. The van der Waals surface area contributed by atoms with Gasteiger partial charge in [0.25, 0.3) is 0 Å². The van der Waals surface area contributed by atoms with Crippen LogP contribution in [0.15, 0.2) is 24.3 Å². The number of esters is 1. The topological polar surface area (TPSA) is 26.3 Å². The third-order valence-electron chi connectivity index (χ3n) is 2.06. The number of hydrogen-bond acceptors (Lipinski definition) is 2. The summed E-state index contributed by atoms with van der Waals surface area (Å²) in [5.41, 5.74) is 0.935. The Morgan fingerprint density at radius 1 is 1.43 bits per heavy atom. The number of carbonyl (C=O) groups excluding carboxylic acids is 1. The van der Waals surface area contributed by atoms with Crippen molar-refractivity contribution in [3.05, 3.63) is 35.6 Å². The molecule has 76 valence electrons. The molecule has 0 aliphatic heterocycles. The summed E-state index contributed by atoms with van der Waals surface area (Å²) < 4.78 is 17.2. The van der Waals surface area contributed by atoms with Crippen LogP contribution in [0, 0.1) is 11.7 Å². The summed E-state index contributed by atoms with van der Waals surface area (Å²) in [7, 11) is 1.36. The molecule has 1 aromatic carbocycles. The summed E-state index contributed by atoms with van der Waals surface area (Å²) in [5, 5.41) is 0. The molecule has 3 heteroatoms. The normalized spacial score (nSPS) is 12.2. The third kappa shape index (κ3) is 2.83. The van der Waals surface area contributed by atoms with Gasteiger partial charge >= 0.3 is 5.97 Å². The Hall–Kier alpha value is -1.38. The lowest BCUT2D eigenvalue weighted by Crippen LogP contribution is -2.14. The van der Waals surface area contributed by atoms with E-state index in [4.69, 9.17) is 0 Å². The monoisotopic (exact) mass is 196 g/mol. The fourth-order valence-electron chi connectivity index (χ4n) is 1.26. The van der Waals surface area contributed by atoms with Gasteiger partial charge in [-0.05, 0) is 24.1 Å². The van der Waals surface area contributed by atoms with Crippen LogP contribution in [0.25, 0.3) is 0 Å². The molecule has 0 N–H and O–H groups in total. The molecule has 0 heterocycles. The largest absolute Gasteiger partial charge is 0.469 e. The van der Waals surface area contributed by atoms with E-state index in [0.717, 1.165) is 5.56 Å². The Morgan fingerprint density at radius 2 is 2.00 bits per heavy atom. The number of benzene rings is 1. The van der Waals surface area contributed by atoms with Gasteiger partial charge in [-0.15, -0.1) is 0 Å². The van der Waals surface area contributed by atoms with Crippen LogP contribution in [0.4, 0.5) is 4.39 Å². The summed E-state index contributed by atoms with van der Waals surface area (Å²) in [4.78, 5) is 11.1. The van der Waals surface area contributed by atoms with Crippen molar-refractivity contribution in [2.75, 3.05) is 7.11 Å². The van der Waals surface area contributed by atoms with E-state index in [2.05, 4.69) is 4.74 Å². The van der Waals surface area contributed by atoms with Gasteiger partial charge in [0.05, 0.1) is 13.0 Å². The molecule has 14 heavy (non-hydrogen) atoms. The molecule has 1 aromatic rings. The molecule has 2 nitrogen and oxygen atoms in total. The van der Waals surface area contributed by atoms with Gasteiger partial charge in [-0.2, -0.15) is 0 Å². The fourth-order valence-corrected chi connectivity index (χ4v) is 1.26. The van der Waals surface area contributed by atoms with Crippen molar-refractivity contribution in [3.63, 3.8) is 0 Å². The zero-order valence-corrected chi connectivity index (χ0v) is 8.29. The lowest BCUT2D eigenvalue weighted by Gasteiger charge is -2.08. The van der Waals surface area contributed by atoms with E-state index in [1.54, 1.807) is 19.1 Å². The van der Waals surface area contributed by atoms with Crippen LogP contribution in [0.5, 0.6) is 0 Å². The van der Waals surface area contributed by atoms with Gasteiger partial charge in [-0.3, -0.25) is 4.79 Å².